The number of carboxylic acid groups (broad SMARTS) is 1. The number of nitrogen functional groups attached to an aromatic ring is 1. The van der Waals surface area contributed by atoms with Gasteiger partial charge in [0.2, 0.25) is 0 Å². The lowest BCUT2D eigenvalue weighted by Gasteiger charge is -2.42. The number of hydrogen-bond acceptors (Lipinski definition) is 6. The molecule has 0 aliphatic carbocycles. The molecule has 0 spiro atoms. The molecular weight excluding hydrogens is 502 g/mol. The molecule has 1 aliphatic heterocycles. The first-order chi connectivity index (χ1) is 19.4. The van der Waals surface area contributed by atoms with Crippen molar-refractivity contribution >= 4 is 23.1 Å². The Morgan fingerprint density at radius 1 is 0.925 bits per heavy atom. The summed E-state index contributed by atoms with van der Waals surface area (Å²) in [6, 6.07) is 26.1. The Morgan fingerprint density at radius 2 is 1.65 bits per heavy atom. The lowest BCUT2D eigenvalue weighted by molar-refractivity contribution is 0.0381. The summed E-state index contributed by atoms with van der Waals surface area (Å²) >= 11 is 0. The minimum atomic E-state index is -0.856. The van der Waals surface area contributed by atoms with Gasteiger partial charge in [0.15, 0.2) is 11.5 Å². The standard InChI is InChI=1S/C31H31N7O2/c1-20-17-36(18-21(2)37(20)31(39)40)19-22-10-12-24(13-11-22)38-29(25-9-6-16-33-28(25)32)35-27-15-14-26(34-30(27)38)23-7-4-3-5-8-23/h3-16,20-21H,17-19H2,1-2H3,(H2,32,33)(H,39,40)/t20-,21-/m1/s1. The first kappa shape index (κ1) is 25.5. The van der Waals surface area contributed by atoms with E-state index in [2.05, 4.69) is 34.1 Å². The van der Waals surface area contributed by atoms with E-state index in [-0.39, 0.29) is 12.1 Å². The maximum absolute atomic E-state index is 11.6. The zero-order valence-corrected chi connectivity index (χ0v) is 22.5. The molecule has 4 heterocycles. The zero-order chi connectivity index (χ0) is 27.8. The van der Waals surface area contributed by atoms with Gasteiger partial charge in [0.1, 0.15) is 11.3 Å². The van der Waals surface area contributed by atoms with Gasteiger partial charge in [-0.05, 0) is 55.8 Å². The minimum Gasteiger partial charge on any atom is -0.465 e. The number of nitrogens with zero attached hydrogens (tertiary/aromatic N) is 6. The fourth-order valence-electron chi connectivity index (χ4n) is 5.71. The largest absolute Gasteiger partial charge is 0.465 e. The lowest BCUT2D eigenvalue weighted by Crippen LogP contribution is -2.57. The summed E-state index contributed by atoms with van der Waals surface area (Å²) in [7, 11) is 0. The number of hydrogen-bond donors (Lipinski definition) is 2. The van der Waals surface area contributed by atoms with E-state index in [4.69, 9.17) is 15.7 Å². The van der Waals surface area contributed by atoms with E-state index >= 15 is 0 Å². The van der Waals surface area contributed by atoms with Crippen LogP contribution in [0.4, 0.5) is 10.6 Å². The fourth-order valence-corrected chi connectivity index (χ4v) is 5.71. The average Bonchev–Trinajstić information content (AvgIpc) is 3.32. The molecule has 1 fully saturated rings. The van der Waals surface area contributed by atoms with Crippen LogP contribution in [0.3, 0.4) is 0 Å². The Bertz CT molecular complexity index is 1660. The van der Waals surface area contributed by atoms with E-state index in [0.717, 1.165) is 45.8 Å². The number of benzene rings is 2. The maximum Gasteiger partial charge on any atom is 0.407 e. The second-order valence-corrected chi connectivity index (χ2v) is 10.4. The smallest absolute Gasteiger partial charge is 0.407 e. The van der Waals surface area contributed by atoms with Gasteiger partial charge in [0.25, 0.3) is 0 Å². The first-order valence-corrected chi connectivity index (χ1v) is 13.4. The van der Waals surface area contributed by atoms with Gasteiger partial charge < -0.3 is 15.7 Å². The number of fused-ring (bicyclic) bond motifs is 1. The van der Waals surface area contributed by atoms with Gasteiger partial charge in [-0.2, -0.15) is 0 Å². The van der Waals surface area contributed by atoms with Gasteiger partial charge in [0, 0.05) is 49.2 Å². The van der Waals surface area contributed by atoms with Crippen LogP contribution in [0, 0.1) is 0 Å². The molecule has 5 aromatic rings. The second kappa shape index (κ2) is 10.4. The highest BCUT2D eigenvalue weighted by atomic mass is 16.4. The first-order valence-electron chi connectivity index (χ1n) is 13.4. The van der Waals surface area contributed by atoms with E-state index in [1.165, 1.54) is 0 Å². The summed E-state index contributed by atoms with van der Waals surface area (Å²) in [5.74, 6) is 1.08. The fraction of sp³-hybridized carbons (Fsp3) is 0.226. The third-order valence-corrected chi connectivity index (χ3v) is 7.47. The van der Waals surface area contributed by atoms with Gasteiger partial charge >= 0.3 is 6.09 Å². The van der Waals surface area contributed by atoms with Gasteiger partial charge in [0.05, 0.1) is 11.3 Å². The zero-order valence-electron chi connectivity index (χ0n) is 22.5. The molecule has 1 aliphatic rings. The number of nitrogens with two attached hydrogens (primary N) is 1. The van der Waals surface area contributed by atoms with Crippen LogP contribution in [0.1, 0.15) is 19.4 Å². The van der Waals surface area contributed by atoms with Crippen LogP contribution in [0.5, 0.6) is 0 Å². The number of imidazole rings is 1. The SMILES string of the molecule is C[C@@H]1CN(Cc2ccc(-n3c(-c4cccnc4N)nc4ccc(-c5ccccc5)nc43)cc2)C[C@@H](C)N1C(=O)O. The average molecular weight is 534 g/mol. The number of aromatic nitrogens is 4. The monoisotopic (exact) mass is 533 g/mol. The Morgan fingerprint density at radius 3 is 2.33 bits per heavy atom. The van der Waals surface area contributed by atoms with Crippen LogP contribution in [-0.4, -0.2) is 65.7 Å². The molecule has 1 saturated heterocycles. The predicted molar refractivity (Wildman–Crippen MR) is 156 cm³/mol. The van der Waals surface area contributed by atoms with Crippen LogP contribution in [-0.2, 0) is 6.54 Å². The van der Waals surface area contributed by atoms with Crippen LogP contribution < -0.4 is 5.73 Å². The highest BCUT2D eigenvalue weighted by Gasteiger charge is 2.32. The molecule has 3 N–H and O–H groups in total. The molecule has 40 heavy (non-hydrogen) atoms. The maximum atomic E-state index is 11.6. The van der Waals surface area contributed by atoms with Gasteiger partial charge in [-0.1, -0.05) is 42.5 Å². The third-order valence-electron chi connectivity index (χ3n) is 7.47. The molecular formula is C31H31N7O2. The molecule has 2 aromatic carbocycles. The molecule has 0 radical (unpaired) electrons. The molecule has 202 valence electrons. The van der Waals surface area contributed by atoms with Crippen molar-refractivity contribution in [1.29, 1.82) is 0 Å². The highest BCUT2D eigenvalue weighted by molar-refractivity contribution is 5.84. The summed E-state index contributed by atoms with van der Waals surface area (Å²) in [5.41, 5.74) is 12.5. The number of anilines is 1. The number of pyridine rings is 2. The van der Waals surface area contributed by atoms with Crippen molar-refractivity contribution in [2.24, 2.45) is 0 Å². The van der Waals surface area contributed by atoms with Gasteiger partial charge in [-0.3, -0.25) is 9.47 Å². The Kier molecular flexibility index (Phi) is 6.65. The number of piperazine rings is 1. The quantitative estimate of drug-likeness (QED) is 0.315. The van der Waals surface area contributed by atoms with E-state index in [0.29, 0.717) is 24.7 Å². The van der Waals surface area contributed by atoms with Gasteiger partial charge in [-0.15, -0.1) is 0 Å². The third kappa shape index (κ3) is 4.76. The van der Waals surface area contributed by atoms with E-state index in [1.807, 2.05) is 73.0 Å². The van der Waals surface area contributed by atoms with Crippen molar-refractivity contribution in [3.8, 4) is 28.3 Å². The Balaban J connectivity index is 1.37. The lowest BCUT2D eigenvalue weighted by atomic mass is 10.1. The minimum absolute atomic E-state index is 0.0600. The summed E-state index contributed by atoms with van der Waals surface area (Å²) in [6.07, 6.45) is 0.815. The molecule has 1 amide bonds. The van der Waals surface area contributed by atoms with Crippen molar-refractivity contribution in [2.75, 3.05) is 18.8 Å². The summed E-state index contributed by atoms with van der Waals surface area (Å²) in [5, 5.41) is 9.54. The van der Waals surface area contributed by atoms with Crippen LogP contribution >= 0.6 is 0 Å². The van der Waals surface area contributed by atoms with Crippen molar-refractivity contribution in [1.82, 2.24) is 29.3 Å². The molecule has 6 rings (SSSR count). The molecule has 3 aromatic heterocycles. The van der Waals surface area contributed by atoms with E-state index < -0.39 is 6.09 Å². The van der Waals surface area contributed by atoms with Crippen molar-refractivity contribution in [2.45, 2.75) is 32.5 Å². The normalized spacial score (nSPS) is 17.8. The summed E-state index contributed by atoms with van der Waals surface area (Å²) < 4.78 is 2.04. The summed E-state index contributed by atoms with van der Waals surface area (Å²) in [6.45, 7) is 6.06. The molecule has 0 unspecified atom stereocenters. The highest BCUT2D eigenvalue weighted by Crippen LogP contribution is 2.32. The molecule has 0 bridgehead atoms. The number of amides is 1. The van der Waals surface area contributed by atoms with Crippen LogP contribution in [0.15, 0.2) is 85.1 Å². The molecule has 0 saturated carbocycles. The second-order valence-electron chi connectivity index (χ2n) is 10.4. The Labute approximate surface area is 232 Å². The van der Waals surface area contributed by atoms with E-state index in [1.54, 1.807) is 11.1 Å². The topological polar surface area (TPSA) is 113 Å². The van der Waals surface area contributed by atoms with Crippen molar-refractivity contribution < 1.29 is 9.90 Å². The van der Waals surface area contributed by atoms with Crippen molar-refractivity contribution in [3.63, 3.8) is 0 Å². The van der Waals surface area contributed by atoms with Gasteiger partial charge in [-0.25, -0.2) is 19.7 Å². The number of rotatable bonds is 5. The van der Waals surface area contributed by atoms with E-state index in [9.17, 15) is 9.90 Å². The predicted octanol–water partition coefficient (Wildman–Crippen LogP) is 5.30. The Hall–Kier alpha value is -4.76. The number of carbonyl (C=O) groups is 1. The molecule has 9 heteroatoms. The summed E-state index contributed by atoms with van der Waals surface area (Å²) in [4.78, 5) is 29.7. The molecule has 9 nitrogen and oxygen atoms in total. The molecule has 2 atom stereocenters. The van der Waals surface area contributed by atoms with Crippen molar-refractivity contribution in [3.05, 3.63) is 90.6 Å². The van der Waals surface area contributed by atoms with Crippen LogP contribution in [0.25, 0.3) is 39.5 Å². The van der Waals surface area contributed by atoms with Crippen LogP contribution in [0.2, 0.25) is 0 Å².